The number of ether oxygens (including phenoxy) is 1. The number of rotatable bonds is 7. The summed E-state index contributed by atoms with van der Waals surface area (Å²) in [6.45, 7) is 4.46. The van der Waals surface area contributed by atoms with E-state index in [1.54, 1.807) is 7.05 Å². The molecule has 5 N–H and O–H groups in total. The summed E-state index contributed by atoms with van der Waals surface area (Å²) in [5, 5.41) is 3.01. The predicted molar refractivity (Wildman–Crippen MR) is 67.5 cm³/mol. The molecule has 0 bridgehead atoms. The van der Waals surface area contributed by atoms with E-state index in [9.17, 15) is 0 Å². The number of guanidine groups is 2. The third-order valence-electron chi connectivity index (χ3n) is 1.84. The lowest BCUT2D eigenvalue weighted by atomic mass is 10.4. The van der Waals surface area contributed by atoms with Crippen LogP contribution in [0, 0.1) is 0 Å². The highest BCUT2D eigenvalue weighted by atomic mass is 16.5. The van der Waals surface area contributed by atoms with Crippen LogP contribution >= 0.6 is 0 Å². The molecule has 0 aromatic rings. The molecule has 16 heavy (non-hydrogen) atoms. The molecule has 6 nitrogen and oxygen atoms in total. The Labute approximate surface area is 97.2 Å². The van der Waals surface area contributed by atoms with Gasteiger partial charge in [0.25, 0.3) is 0 Å². The summed E-state index contributed by atoms with van der Waals surface area (Å²) >= 11 is 0. The van der Waals surface area contributed by atoms with Crippen LogP contribution in [0.5, 0.6) is 0 Å². The standard InChI is InChI=1S/C10H23N5O/c1-3-4-7-16-8-5-6-14-10(13-2)15-9(11)12/h3-8H2,1-2H3,(H5,11,12,13,14,15). The van der Waals surface area contributed by atoms with Gasteiger partial charge in [0.05, 0.1) is 0 Å². The number of unbranched alkanes of at least 4 members (excludes halogenated alkanes) is 1. The molecule has 0 radical (unpaired) electrons. The van der Waals surface area contributed by atoms with Crippen LogP contribution in [0.3, 0.4) is 0 Å². The fourth-order valence-corrected chi connectivity index (χ4v) is 1.01. The summed E-state index contributed by atoms with van der Waals surface area (Å²) in [5.74, 6) is 0.459. The molecular formula is C10H23N5O. The molecule has 0 aliphatic rings. The van der Waals surface area contributed by atoms with Crippen LogP contribution in [0.15, 0.2) is 9.98 Å². The van der Waals surface area contributed by atoms with E-state index < -0.39 is 0 Å². The van der Waals surface area contributed by atoms with Gasteiger partial charge >= 0.3 is 0 Å². The van der Waals surface area contributed by atoms with Crippen LogP contribution in [0.25, 0.3) is 0 Å². The van der Waals surface area contributed by atoms with Gasteiger partial charge in [-0.25, -0.2) is 0 Å². The molecule has 0 aliphatic heterocycles. The quantitative estimate of drug-likeness (QED) is 0.326. The van der Waals surface area contributed by atoms with Gasteiger partial charge in [-0.05, 0) is 12.8 Å². The topological polar surface area (TPSA) is 98.0 Å². The van der Waals surface area contributed by atoms with Crippen molar-refractivity contribution in [1.29, 1.82) is 0 Å². The van der Waals surface area contributed by atoms with E-state index in [1.165, 1.54) is 0 Å². The van der Waals surface area contributed by atoms with E-state index in [4.69, 9.17) is 16.2 Å². The third-order valence-corrected chi connectivity index (χ3v) is 1.84. The van der Waals surface area contributed by atoms with Gasteiger partial charge in [0.2, 0.25) is 5.96 Å². The third kappa shape index (κ3) is 9.26. The molecular weight excluding hydrogens is 206 g/mol. The number of nitrogens with zero attached hydrogens (tertiary/aromatic N) is 2. The molecule has 0 aromatic carbocycles. The van der Waals surface area contributed by atoms with E-state index in [1.807, 2.05) is 0 Å². The Morgan fingerprint density at radius 1 is 1.25 bits per heavy atom. The van der Waals surface area contributed by atoms with Gasteiger partial charge in [-0.1, -0.05) is 13.3 Å². The SMILES string of the molecule is CCCCOCCCNC(N=C(N)N)=NC. The Morgan fingerprint density at radius 2 is 1.94 bits per heavy atom. The van der Waals surface area contributed by atoms with Crippen LogP contribution in [-0.4, -0.2) is 38.7 Å². The van der Waals surface area contributed by atoms with Crippen molar-refractivity contribution in [2.75, 3.05) is 26.8 Å². The number of hydrogen-bond acceptors (Lipinski definition) is 2. The van der Waals surface area contributed by atoms with Gasteiger partial charge < -0.3 is 21.5 Å². The molecule has 0 atom stereocenters. The summed E-state index contributed by atoms with van der Waals surface area (Å²) in [5.41, 5.74) is 10.5. The minimum absolute atomic E-state index is 0.00676. The van der Waals surface area contributed by atoms with E-state index in [0.717, 1.165) is 39.0 Å². The average molecular weight is 229 g/mol. The predicted octanol–water partition coefficient (Wildman–Crippen LogP) is 0.0420. The normalized spacial score (nSPS) is 11.2. The van der Waals surface area contributed by atoms with Crippen molar-refractivity contribution in [3.05, 3.63) is 0 Å². The van der Waals surface area contributed by atoms with Crippen molar-refractivity contribution in [2.24, 2.45) is 21.5 Å². The minimum Gasteiger partial charge on any atom is -0.381 e. The maximum absolute atomic E-state index is 5.41. The highest BCUT2D eigenvalue weighted by molar-refractivity contribution is 5.93. The second-order valence-corrected chi connectivity index (χ2v) is 3.33. The highest BCUT2D eigenvalue weighted by Gasteiger charge is 1.95. The first-order valence-electron chi connectivity index (χ1n) is 5.58. The first-order valence-corrected chi connectivity index (χ1v) is 5.58. The number of hydrogen-bond donors (Lipinski definition) is 3. The molecule has 0 aromatic heterocycles. The zero-order valence-electron chi connectivity index (χ0n) is 10.2. The first-order chi connectivity index (χ1) is 7.70. The molecule has 94 valence electrons. The zero-order valence-corrected chi connectivity index (χ0v) is 10.2. The maximum atomic E-state index is 5.41. The summed E-state index contributed by atoms with van der Waals surface area (Å²) in [4.78, 5) is 7.71. The Kier molecular flexibility index (Phi) is 9.39. The van der Waals surface area contributed by atoms with E-state index >= 15 is 0 Å². The smallest absolute Gasteiger partial charge is 0.220 e. The summed E-state index contributed by atoms with van der Waals surface area (Å²) in [6, 6.07) is 0. The molecule has 0 amide bonds. The maximum Gasteiger partial charge on any atom is 0.220 e. The van der Waals surface area contributed by atoms with Gasteiger partial charge in [-0.2, -0.15) is 4.99 Å². The van der Waals surface area contributed by atoms with E-state index in [-0.39, 0.29) is 5.96 Å². The van der Waals surface area contributed by atoms with E-state index in [2.05, 4.69) is 22.2 Å². The lowest BCUT2D eigenvalue weighted by Crippen LogP contribution is -2.30. The van der Waals surface area contributed by atoms with Gasteiger partial charge in [0, 0.05) is 26.8 Å². The Hall–Kier alpha value is -1.30. The summed E-state index contributed by atoms with van der Waals surface area (Å²) in [7, 11) is 1.63. The monoisotopic (exact) mass is 229 g/mol. The summed E-state index contributed by atoms with van der Waals surface area (Å²) in [6.07, 6.45) is 3.18. The lowest BCUT2D eigenvalue weighted by Gasteiger charge is -2.06. The van der Waals surface area contributed by atoms with Crippen molar-refractivity contribution in [3.8, 4) is 0 Å². The Bertz CT molecular complexity index is 223. The van der Waals surface area contributed by atoms with Gasteiger partial charge in [-0.3, -0.25) is 4.99 Å². The van der Waals surface area contributed by atoms with E-state index in [0.29, 0.717) is 5.96 Å². The molecule has 0 fully saturated rings. The second kappa shape index (κ2) is 10.2. The van der Waals surface area contributed by atoms with Crippen molar-refractivity contribution >= 4 is 11.9 Å². The van der Waals surface area contributed by atoms with Crippen LogP contribution in [0.4, 0.5) is 0 Å². The van der Waals surface area contributed by atoms with Crippen LogP contribution in [0.2, 0.25) is 0 Å². The van der Waals surface area contributed by atoms with Gasteiger partial charge in [-0.15, -0.1) is 0 Å². The van der Waals surface area contributed by atoms with Crippen LogP contribution in [-0.2, 0) is 4.74 Å². The molecule has 0 saturated heterocycles. The molecule has 0 heterocycles. The molecule has 0 aliphatic carbocycles. The second-order valence-electron chi connectivity index (χ2n) is 3.33. The minimum atomic E-state index is 0.00676. The number of nitrogens with one attached hydrogen (secondary N) is 1. The number of aliphatic imine (C=N–C) groups is 2. The van der Waals surface area contributed by atoms with Gasteiger partial charge in [0.15, 0.2) is 5.96 Å². The molecule has 0 saturated carbocycles. The largest absolute Gasteiger partial charge is 0.381 e. The van der Waals surface area contributed by atoms with Gasteiger partial charge in [0.1, 0.15) is 0 Å². The van der Waals surface area contributed by atoms with Crippen molar-refractivity contribution in [3.63, 3.8) is 0 Å². The molecule has 6 heteroatoms. The Balaban J connectivity index is 3.46. The first kappa shape index (κ1) is 14.7. The van der Waals surface area contributed by atoms with Crippen LogP contribution in [0.1, 0.15) is 26.2 Å². The van der Waals surface area contributed by atoms with Crippen LogP contribution < -0.4 is 16.8 Å². The fraction of sp³-hybridized carbons (Fsp3) is 0.800. The summed E-state index contributed by atoms with van der Waals surface area (Å²) < 4.78 is 5.41. The van der Waals surface area contributed by atoms with Crippen molar-refractivity contribution < 1.29 is 4.74 Å². The molecule has 0 unspecified atom stereocenters. The van der Waals surface area contributed by atoms with Crippen molar-refractivity contribution in [2.45, 2.75) is 26.2 Å². The average Bonchev–Trinajstić information content (AvgIpc) is 2.25. The highest BCUT2D eigenvalue weighted by Crippen LogP contribution is 1.89. The fourth-order valence-electron chi connectivity index (χ4n) is 1.01. The Morgan fingerprint density at radius 3 is 2.50 bits per heavy atom. The molecule has 0 rings (SSSR count). The number of nitrogens with two attached hydrogens (primary N) is 2. The van der Waals surface area contributed by atoms with Crippen molar-refractivity contribution in [1.82, 2.24) is 5.32 Å². The zero-order chi connectivity index (χ0) is 12.2. The molecule has 0 spiro atoms. The lowest BCUT2D eigenvalue weighted by molar-refractivity contribution is 0.129.